The number of aryl methyl sites for hydroxylation is 2. The standard InChI is InChI=1S/C16H13NO4S.C14H15NO3S.C14H11NO3S.C11H15NO2SSi.C8H7IO2.C8H7NO2S.C6H6BrNO2S.C5H10Si.CH2O3.CH4O.2K.H/c1-12(18)21-15-8-4-13(5-9-15)2-3-14-6-10-16(11-7-14)22(17,19)20;2*15-19(17,18)14-9-5-12(6-10-14)2-1-11-3-7-13(16)8-4-11;1-16(2,3)9-8-10-4-6-11(7-5-10)15(12,13)14;1-6(10)11-8-4-2-7(9)3-5-8;1-2-7-3-5-8(6-4-7)12(9,10)11;7-5-1-3-6(4-2-5)11(8,9)10;1-5-6(2,3)4;2-1-4-3;1-2;;;/h4-11H,1H3,(H2,17,19,20);3-10,16H,1-2H2,(H2,15,17,18);3-10,16H,(H2,15,17,18);4-7H,1-3H3,(H2,12,13,14);2-5H,1H3;1,3-6H,(H2,9,10,11);1-4H,(H2,8,9,10);1H,2-4H3;1,3H;2H,1H3;;;/q;;;;;;;;;;2*+1;-1/p-1. The van der Waals surface area contributed by atoms with Gasteiger partial charge >= 0.3 is 115 Å². The number of ether oxygens (including phenoxy) is 2. The van der Waals surface area contributed by atoms with Gasteiger partial charge in [0.2, 0.25) is 60.1 Å². The summed E-state index contributed by atoms with van der Waals surface area (Å²) >= 11 is 5.37. The van der Waals surface area contributed by atoms with Crippen molar-refractivity contribution in [1.29, 1.82) is 0 Å². The third-order valence-corrected chi connectivity index (χ3v) is 22.3. The first-order chi connectivity index (χ1) is 56.6. The van der Waals surface area contributed by atoms with Crippen LogP contribution in [0.4, 0.5) is 0 Å². The number of terminal acetylenes is 2. The molecule has 0 bridgehead atoms. The van der Waals surface area contributed by atoms with E-state index >= 15 is 0 Å². The molecule has 0 unspecified atom stereocenters. The van der Waals surface area contributed by atoms with Gasteiger partial charge < -0.3 is 36.4 Å². The van der Waals surface area contributed by atoms with Gasteiger partial charge in [-0.05, 0) is 265 Å². The Morgan fingerprint density at radius 3 is 0.847 bits per heavy atom. The molecule has 0 aliphatic rings. The van der Waals surface area contributed by atoms with Gasteiger partial charge in [-0.15, -0.1) is 23.9 Å². The quantitative estimate of drug-likeness (QED) is 0.0123. The van der Waals surface area contributed by atoms with Crippen molar-refractivity contribution in [2.24, 2.45) is 30.8 Å². The molecule has 0 radical (unpaired) electrons. The minimum atomic E-state index is -3.69. The number of esters is 2. The van der Waals surface area contributed by atoms with Crippen molar-refractivity contribution >= 4 is 133 Å². The van der Waals surface area contributed by atoms with Crippen LogP contribution in [-0.2, 0) is 92.3 Å². The molecule has 0 aliphatic carbocycles. The molecule has 0 saturated carbocycles. The average Bonchev–Trinajstić information content (AvgIpc) is 0.858. The molecule has 0 aliphatic heterocycles. The number of halogens is 2. The summed E-state index contributed by atoms with van der Waals surface area (Å²) in [6.45, 7) is 15.4. The molecule has 0 fully saturated rings. The molecule has 10 aromatic rings. The van der Waals surface area contributed by atoms with Gasteiger partial charge in [0.05, 0.1) is 29.4 Å². The maximum Gasteiger partial charge on any atom is 1.00 e. The van der Waals surface area contributed by atoms with Crippen LogP contribution in [0.1, 0.15) is 59.8 Å². The van der Waals surface area contributed by atoms with Gasteiger partial charge in [0.15, 0.2) is 0 Å². The zero-order valence-electron chi connectivity index (χ0n) is 70.0. The Bertz CT molecular complexity index is 6100. The monoisotopic (exact) mass is 2070 g/mol. The van der Waals surface area contributed by atoms with Crippen molar-refractivity contribution in [1.82, 2.24) is 0 Å². The summed E-state index contributed by atoms with van der Waals surface area (Å²) in [5.74, 6) is 17.9. The Morgan fingerprint density at radius 2 is 0.613 bits per heavy atom. The number of aliphatic hydroxyl groups excluding tert-OH is 1. The van der Waals surface area contributed by atoms with Gasteiger partial charge in [0.1, 0.15) is 39.1 Å². The number of carbonyl (C=O) groups excluding carboxylic acids is 3. The van der Waals surface area contributed by atoms with E-state index in [0.29, 0.717) is 28.2 Å². The van der Waals surface area contributed by atoms with Crippen molar-refractivity contribution in [3.8, 4) is 82.5 Å². The van der Waals surface area contributed by atoms with E-state index in [-0.39, 0.29) is 163 Å². The van der Waals surface area contributed by atoms with Crippen molar-refractivity contribution in [2.75, 3.05) is 7.11 Å². The Balaban J connectivity index is -0.00000137. The largest absolute Gasteiger partial charge is 1.00 e. The van der Waals surface area contributed by atoms with Crippen molar-refractivity contribution in [3.63, 3.8) is 0 Å². The third-order valence-electron chi connectivity index (χ3n) is 13.7. The number of rotatable bonds is 12. The van der Waals surface area contributed by atoms with Gasteiger partial charge in [-0.1, -0.05) is 115 Å². The molecule has 0 atom stereocenters. The van der Waals surface area contributed by atoms with Gasteiger partial charge in [-0.2, -0.15) is 0 Å². The number of primary sulfonamides is 6. The first kappa shape index (κ1) is 118. The molecule has 0 spiro atoms. The van der Waals surface area contributed by atoms with Gasteiger partial charge in [0, 0.05) is 62.4 Å². The normalized spacial score (nSPS) is 10.3. The number of hydrogen-bond acceptors (Lipinski definition) is 22. The summed E-state index contributed by atoms with van der Waals surface area (Å²) in [5.41, 5.74) is 12.4. The molecule has 0 saturated heterocycles. The number of aliphatic hydroxyl groups is 1. The number of aromatic hydroxyl groups is 2. The van der Waals surface area contributed by atoms with E-state index in [0.717, 1.165) is 55.8 Å². The molecule has 40 heteroatoms. The average molecular weight is 2070 g/mol. The molecule has 0 amide bonds. The minimum Gasteiger partial charge on any atom is -1.00 e. The molecule has 648 valence electrons. The second kappa shape index (κ2) is 58.6. The molecule has 0 aromatic heterocycles. The van der Waals surface area contributed by atoms with E-state index in [9.17, 15) is 65.2 Å². The van der Waals surface area contributed by atoms with Crippen LogP contribution in [0.3, 0.4) is 0 Å². The van der Waals surface area contributed by atoms with Gasteiger partial charge in [-0.25, -0.2) is 81.3 Å². The molecule has 0 heterocycles. The summed E-state index contributed by atoms with van der Waals surface area (Å²) < 4.78 is 143. The molecule has 124 heavy (non-hydrogen) atoms. The second-order valence-corrected chi connectivity index (χ2v) is 47.1. The number of sulfonamides is 6. The predicted molar refractivity (Wildman–Crippen MR) is 485 cm³/mol. The molecule has 10 aromatic carbocycles. The number of phenolic OH excluding ortho intramolecular Hbond substituents is 2. The van der Waals surface area contributed by atoms with Crippen LogP contribution in [0.25, 0.3) is 0 Å². The summed E-state index contributed by atoms with van der Waals surface area (Å²) in [6, 6.07) is 64.4. The summed E-state index contributed by atoms with van der Waals surface area (Å²) in [5, 5.41) is 63.5. The summed E-state index contributed by atoms with van der Waals surface area (Å²) in [6.07, 6.45) is 11.8. The van der Waals surface area contributed by atoms with Gasteiger partial charge in [0.25, 0.3) is 6.47 Å². The number of phenols is 2. The van der Waals surface area contributed by atoms with E-state index in [4.69, 9.17) is 73.4 Å². The van der Waals surface area contributed by atoms with E-state index in [1.54, 1.807) is 133 Å². The van der Waals surface area contributed by atoms with E-state index in [1.165, 1.54) is 98.8 Å². The van der Waals surface area contributed by atoms with Crippen LogP contribution < -0.4 is 148 Å². The van der Waals surface area contributed by atoms with Crippen LogP contribution in [0.5, 0.6) is 23.0 Å². The van der Waals surface area contributed by atoms with Crippen LogP contribution >= 0.6 is 38.5 Å². The van der Waals surface area contributed by atoms with E-state index in [2.05, 4.69) is 129 Å². The first-order valence-electron chi connectivity index (χ1n) is 34.5. The zero-order chi connectivity index (χ0) is 92.9. The fourth-order valence-electron chi connectivity index (χ4n) is 7.88. The second-order valence-electron chi connectivity index (χ2n) is 26.1. The zero-order valence-corrected chi connectivity index (χ0v) is 85.9. The number of nitrogens with two attached hydrogens (primary N) is 6. The number of benzene rings is 10. The number of hydrogen-bond donors (Lipinski definition) is 9. The van der Waals surface area contributed by atoms with Crippen molar-refractivity contribution < 1.29 is 204 Å². The fourth-order valence-corrected chi connectivity index (χ4v) is 12.1. The molecular weight excluding hydrogens is 1980 g/mol. The van der Waals surface area contributed by atoms with Crippen molar-refractivity contribution in [2.45, 2.75) is 95.3 Å². The van der Waals surface area contributed by atoms with Gasteiger partial charge in [-0.3, -0.25) is 14.4 Å². The summed E-state index contributed by atoms with van der Waals surface area (Å²) in [4.78, 5) is 33.1. The minimum absolute atomic E-state index is 0. The summed E-state index contributed by atoms with van der Waals surface area (Å²) in [7, 11) is -23.2. The maximum absolute atomic E-state index is 11.1. The van der Waals surface area contributed by atoms with Crippen LogP contribution in [0.15, 0.2) is 277 Å². The Morgan fingerprint density at radius 1 is 0.403 bits per heavy atom. The topological polar surface area (TPSA) is 524 Å². The molecular formula is C84H90BrIK2N6O22S6Si2. The molecule has 15 N–H and O–H groups in total. The third kappa shape index (κ3) is 55.0. The fraction of sp³-hybridized carbons (Fsp3) is 0.131. The van der Waals surface area contributed by atoms with Crippen LogP contribution in [-0.4, -0.2) is 107 Å². The van der Waals surface area contributed by atoms with Crippen LogP contribution in [0.2, 0.25) is 39.3 Å². The maximum atomic E-state index is 11.1. The SMILES string of the molecule is C#C[Si](C)(C)C.C#Cc1ccc(S(N)(=O)=O)cc1.CC(=O)Oc1ccc(C#Cc2ccc(S(N)(=O)=O)cc2)cc1.CC(=O)Oc1ccc(I)cc1.CO.C[Si](C)(C)C#Cc1ccc(S(N)(=O)=O)cc1.NS(=O)(=O)c1ccc(Br)cc1.NS(=O)(=O)c1ccc(C#Cc2ccc(O)cc2)cc1.NS(=O)(=O)c1ccc(CCc2ccc(O)cc2)cc1.O=CO[O-].[H-].[K+].[K+]. The number of carbonyl (C=O) groups is 3. The Labute approximate surface area is 837 Å². The van der Waals surface area contributed by atoms with Crippen LogP contribution in [0, 0.1) is 63.0 Å². The van der Waals surface area contributed by atoms with Crippen molar-refractivity contribution in [3.05, 3.63) is 295 Å². The Kier molecular flexibility index (Phi) is 56.0. The Hall–Kier alpha value is -7.69. The predicted octanol–water partition coefficient (Wildman–Crippen LogP) is 3.78. The molecule has 10 rings (SSSR count). The molecule has 28 nitrogen and oxygen atoms in total. The van der Waals surface area contributed by atoms with E-state index < -0.39 is 76.3 Å². The van der Waals surface area contributed by atoms with E-state index in [1.807, 2.05) is 24.3 Å². The first-order valence-corrected chi connectivity index (χ1v) is 52.7. The smallest absolute Gasteiger partial charge is 1.00 e.